The first-order valence-electron chi connectivity index (χ1n) is 3.05. The number of hydrogen-bond donors (Lipinski definition) is 0. The van der Waals surface area contributed by atoms with E-state index in [1.54, 1.807) is 0 Å². The molecule has 0 saturated carbocycles. The Morgan fingerprint density at radius 1 is 1.60 bits per heavy atom. The molecule has 0 rings (SSSR count). The minimum Gasteiger partial charge on any atom is -0.342 e. The number of hydrogen-bond acceptors (Lipinski definition) is 1. The van der Waals surface area contributed by atoms with Crippen LogP contribution in [0.3, 0.4) is 0 Å². The Balaban J connectivity index is 3.75. The van der Waals surface area contributed by atoms with Crippen molar-refractivity contribution in [2.24, 2.45) is 0 Å². The summed E-state index contributed by atoms with van der Waals surface area (Å²) in [5, 5.41) is 0. The highest BCUT2D eigenvalue weighted by Crippen LogP contribution is 2.17. The van der Waals surface area contributed by atoms with E-state index >= 15 is 0 Å². The van der Waals surface area contributed by atoms with Gasteiger partial charge in [0.1, 0.15) is 0 Å². The van der Waals surface area contributed by atoms with Gasteiger partial charge in [-0.3, -0.25) is 4.79 Å². The molecular formula is C6H11F2NO. The standard InChI is InChI=1S/C6H11F2NO/c1-3-6(7,8)4-9(2)5-10/h5H,3-4H2,1-2H3. The number of halogens is 2. The summed E-state index contributed by atoms with van der Waals surface area (Å²) in [6, 6.07) is 0. The summed E-state index contributed by atoms with van der Waals surface area (Å²) in [4.78, 5) is 10.8. The van der Waals surface area contributed by atoms with Crippen LogP contribution >= 0.6 is 0 Å². The number of alkyl halides is 2. The Kier molecular flexibility index (Phi) is 3.25. The molecule has 4 heteroatoms. The first-order valence-corrected chi connectivity index (χ1v) is 3.05. The second-order valence-corrected chi connectivity index (χ2v) is 2.23. The number of carbonyl (C=O) groups excluding carboxylic acids is 1. The smallest absolute Gasteiger partial charge is 0.265 e. The van der Waals surface area contributed by atoms with Gasteiger partial charge in [-0.2, -0.15) is 0 Å². The van der Waals surface area contributed by atoms with Crippen LogP contribution in [-0.4, -0.2) is 30.8 Å². The van der Waals surface area contributed by atoms with Crippen molar-refractivity contribution in [3.05, 3.63) is 0 Å². The number of amides is 1. The van der Waals surface area contributed by atoms with Gasteiger partial charge in [0.05, 0.1) is 6.54 Å². The minimum atomic E-state index is -2.74. The molecule has 0 aromatic heterocycles. The van der Waals surface area contributed by atoms with E-state index in [0.717, 1.165) is 4.90 Å². The predicted molar refractivity (Wildman–Crippen MR) is 33.9 cm³/mol. The molecule has 0 aliphatic rings. The van der Waals surface area contributed by atoms with E-state index in [4.69, 9.17) is 0 Å². The highest BCUT2D eigenvalue weighted by Gasteiger charge is 2.27. The lowest BCUT2D eigenvalue weighted by Gasteiger charge is -2.18. The Labute approximate surface area is 58.8 Å². The maximum atomic E-state index is 12.4. The zero-order valence-corrected chi connectivity index (χ0v) is 6.10. The third-order valence-corrected chi connectivity index (χ3v) is 1.18. The lowest BCUT2D eigenvalue weighted by molar-refractivity contribution is -0.122. The van der Waals surface area contributed by atoms with E-state index in [1.807, 2.05) is 0 Å². The molecule has 0 fully saturated rings. The lowest BCUT2D eigenvalue weighted by Crippen LogP contribution is -2.32. The molecule has 0 N–H and O–H groups in total. The zero-order valence-electron chi connectivity index (χ0n) is 6.10. The van der Waals surface area contributed by atoms with Crippen LogP contribution in [0.5, 0.6) is 0 Å². The molecule has 0 heterocycles. The molecule has 0 aliphatic heterocycles. The molecule has 0 saturated heterocycles. The van der Waals surface area contributed by atoms with Crippen LogP contribution in [0.25, 0.3) is 0 Å². The van der Waals surface area contributed by atoms with Gasteiger partial charge in [-0.05, 0) is 0 Å². The highest BCUT2D eigenvalue weighted by molar-refractivity contribution is 5.46. The van der Waals surface area contributed by atoms with Crippen molar-refractivity contribution in [2.75, 3.05) is 13.6 Å². The van der Waals surface area contributed by atoms with Crippen LogP contribution < -0.4 is 0 Å². The second-order valence-electron chi connectivity index (χ2n) is 2.23. The molecule has 0 bridgehead atoms. The molecule has 2 nitrogen and oxygen atoms in total. The van der Waals surface area contributed by atoms with Crippen molar-refractivity contribution in [1.29, 1.82) is 0 Å². The normalized spacial score (nSPS) is 11.2. The molecule has 0 aromatic carbocycles. The highest BCUT2D eigenvalue weighted by atomic mass is 19.3. The number of carbonyl (C=O) groups is 1. The molecule has 10 heavy (non-hydrogen) atoms. The van der Waals surface area contributed by atoms with E-state index in [1.165, 1.54) is 14.0 Å². The molecule has 0 spiro atoms. The maximum Gasteiger partial charge on any atom is 0.265 e. The second kappa shape index (κ2) is 3.49. The monoisotopic (exact) mass is 151 g/mol. The van der Waals surface area contributed by atoms with Crippen LogP contribution in [0, 0.1) is 0 Å². The Bertz CT molecular complexity index is 116. The van der Waals surface area contributed by atoms with Crippen LogP contribution in [0.15, 0.2) is 0 Å². The third-order valence-electron chi connectivity index (χ3n) is 1.18. The van der Waals surface area contributed by atoms with Crippen LogP contribution in [0.2, 0.25) is 0 Å². The first-order chi connectivity index (χ1) is 4.52. The van der Waals surface area contributed by atoms with Crippen LogP contribution in [-0.2, 0) is 4.79 Å². The quantitative estimate of drug-likeness (QED) is 0.551. The zero-order chi connectivity index (χ0) is 8.20. The van der Waals surface area contributed by atoms with Gasteiger partial charge < -0.3 is 4.90 Å². The summed E-state index contributed by atoms with van der Waals surface area (Å²) in [5.41, 5.74) is 0. The Morgan fingerprint density at radius 3 is 2.40 bits per heavy atom. The summed E-state index contributed by atoms with van der Waals surface area (Å²) in [7, 11) is 1.33. The molecular weight excluding hydrogens is 140 g/mol. The van der Waals surface area contributed by atoms with E-state index in [0.29, 0.717) is 6.41 Å². The largest absolute Gasteiger partial charge is 0.342 e. The van der Waals surface area contributed by atoms with E-state index in [9.17, 15) is 13.6 Å². The molecule has 0 atom stereocenters. The molecule has 1 amide bonds. The average Bonchev–Trinajstić information content (AvgIpc) is 1.87. The lowest BCUT2D eigenvalue weighted by atomic mass is 10.2. The number of nitrogens with zero attached hydrogens (tertiary/aromatic N) is 1. The maximum absolute atomic E-state index is 12.4. The van der Waals surface area contributed by atoms with Gasteiger partial charge in [0.25, 0.3) is 5.92 Å². The number of rotatable bonds is 4. The van der Waals surface area contributed by atoms with Crippen molar-refractivity contribution in [2.45, 2.75) is 19.3 Å². The fourth-order valence-electron chi connectivity index (χ4n) is 0.514. The Hall–Kier alpha value is -0.670. The fourth-order valence-corrected chi connectivity index (χ4v) is 0.514. The van der Waals surface area contributed by atoms with Crippen LogP contribution in [0.1, 0.15) is 13.3 Å². The molecule has 0 radical (unpaired) electrons. The molecule has 0 aliphatic carbocycles. The van der Waals surface area contributed by atoms with Crippen LogP contribution in [0.4, 0.5) is 8.78 Å². The predicted octanol–water partition coefficient (Wildman–Crippen LogP) is 1.12. The Morgan fingerprint density at radius 2 is 2.10 bits per heavy atom. The topological polar surface area (TPSA) is 20.3 Å². The fraction of sp³-hybridized carbons (Fsp3) is 0.833. The summed E-state index contributed by atoms with van der Waals surface area (Å²) < 4.78 is 24.8. The molecule has 0 unspecified atom stereocenters. The van der Waals surface area contributed by atoms with Gasteiger partial charge in [-0.15, -0.1) is 0 Å². The van der Waals surface area contributed by atoms with Gasteiger partial charge in [0.15, 0.2) is 0 Å². The van der Waals surface area contributed by atoms with Gasteiger partial charge in [0, 0.05) is 13.5 Å². The minimum absolute atomic E-state index is 0.231. The van der Waals surface area contributed by atoms with Gasteiger partial charge in [0.2, 0.25) is 6.41 Å². The van der Waals surface area contributed by atoms with Gasteiger partial charge in [-0.25, -0.2) is 8.78 Å². The van der Waals surface area contributed by atoms with E-state index in [-0.39, 0.29) is 6.42 Å². The van der Waals surface area contributed by atoms with Crippen molar-refractivity contribution in [1.82, 2.24) is 4.90 Å². The van der Waals surface area contributed by atoms with E-state index < -0.39 is 12.5 Å². The molecule has 60 valence electrons. The summed E-state index contributed by atoms with van der Waals surface area (Å²) >= 11 is 0. The molecule has 0 aromatic rings. The van der Waals surface area contributed by atoms with Gasteiger partial charge >= 0.3 is 0 Å². The van der Waals surface area contributed by atoms with Crippen molar-refractivity contribution in [3.8, 4) is 0 Å². The summed E-state index contributed by atoms with van der Waals surface area (Å²) in [5.74, 6) is -2.74. The van der Waals surface area contributed by atoms with E-state index in [2.05, 4.69) is 0 Å². The first kappa shape index (κ1) is 9.33. The van der Waals surface area contributed by atoms with Crippen molar-refractivity contribution >= 4 is 6.41 Å². The third kappa shape index (κ3) is 3.37. The average molecular weight is 151 g/mol. The summed E-state index contributed by atoms with van der Waals surface area (Å²) in [6.45, 7) is 0.894. The van der Waals surface area contributed by atoms with Gasteiger partial charge in [-0.1, -0.05) is 6.92 Å². The SMILES string of the molecule is CCC(F)(F)CN(C)C=O. The van der Waals surface area contributed by atoms with Crippen molar-refractivity contribution < 1.29 is 13.6 Å². The summed E-state index contributed by atoms with van der Waals surface area (Å²) in [6.07, 6.45) is 0.161. The van der Waals surface area contributed by atoms with Crippen molar-refractivity contribution in [3.63, 3.8) is 0 Å².